The van der Waals surface area contributed by atoms with Crippen LogP contribution in [0.1, 0.15) is 30.1 Å². The molecule has 86 valence electrons. The predicted molar refractivity (Wildman–Crippen MR) is 68.9 cm³/mol. The van der Waals surface area contributed by atoms with E-state index in [0.29, 0.717) is 16.6 Å². The van der Waals surface area contributed by atoms with E-state index in [9.17, 15) is 4.79 Å². The maximum atomic E-state index is 12.2. The number of carbonyl (C=O) groups excluding carboxylic acids is 1. The molecule has 1 atom stereocenters. The number of likely N-dealkylation sites (tertiary alicyclic amines) is 1. The minimum Gasteiger partial charge on any atom is -0.336 e. The predicted octanol–water partition coefficient (Wildman–Crippen LogP) is 3.73. The highest BCUT2D eigenvalue weighted by molar-refractivity contribution is 9.10. The monoisotopic (exact) mass is 301 g/mol. The third kappa shape index (κ3) is 2.25. The lowest BCUT2D eigenvalue weighted by atomic mass is 10.2. The summed E-state index contributed by atoms with van der Waals surface area (Å²) in [6, 6.07) is 5.63. The molecular formula is C12H13BrClNO. The summed E-state index contributed by atoms with van der Waals surface area (Å²) in [6.45, 7) is 2.95. The zero-order chi connectivity index (χ0) is 11.7. The summed E-state index contributed by atoms with van der Waals surface area (Å²) < 4.78 is 0.768. The molecule has 2 rings (SSSR count). The van der Waals surface area contributed by atoms with Gasteiger partial charge < -0.3 is 4.90 Å². The van der Waals surface area contributed by atoms with Crippen LogP contribution >= 0.6 is 27.5 Å². The molecule has 0 spiro atoms. The van der Waals surface area contributed by atoms with E-state index in [-0.39, 0.29) is 5.91 Å². The molecule has 0 aromatic heterocycles. The number of benzene rings is 1. The van der Waals surface area contributed by atoms with Crippen LogP contribution in [-0.4, -0.2) is 23.4 Å². The second-order valence-corrected chi connectivity index (χ2v) is 5.40. The number of hydrogen-bond donors (Lipinski definition) is 0. The van der Waals surface area contributed by atoms with Gasteiger partial charge in [-0.2, -0.15) is 0 Å². The highest BCUT2D eigenvalue weighted by atomic mass is 79.9. The summed E-state index contributed by atoms with van der Waals surface area (Å²) in [6.07, 6.45) is 2.19. The SMILES string of the molecule is CC1CCCN1C(=O)c1ccc(Cl)cc1Br. The Bertz CT molecular complexity index is 421. The van der Waals surface area contributed by atoms with E-state index >= 15 is 0 Å². The molecule has 4 heteroatoms. The average Bonchev–Trinajstić information content (AvgIpc) is 2.63. The molecule has 1 aliphatic rings. The molecule has 1 aromatic rings. The second-order valence-electron chi connectivity index (χ2n) is 4.11. The van der Waals surface area contributed by atoms with Gasteiger partial charge in [0, 0.05) is 22.1 Å². The summed E-state index contributed by atoms with van der Waals surface area (Å²) in [5.41, 5.74) is 0.693. The van der Waals surface area contributed by atoms with E-state index in [2.05, 4.69) is 22.9 Å². The lowest BCUT2D eigenvalue weighted by Crippen LogP contribution is -2.33. The van der Waals surface area contributed by atoms with Crippen LogP contribution < -0.4 is 0 Å². The first-order valence-corrected chi connectivity index (χ1v) is 6.52. The first kappa shape index (κ1) is 11.9. The normalized spacial score (nSPS) is 20.2. The maximum Gasteiger partial charge on any atom is 0.255 e. The van der Waals surface area contributed by atoms with Crippen LogP contribution in [0.25, 0.3) is 0 Å². The fourth-order valence-electron chi connectivity index (χ4n) is 2.05. The Balaban J connectivity index is 2.27. The van der Waals surface area contributed by atoms with Gasteiger partial charge in [0.15, 0.2) is 0 Å². The van der Waals surface area contributed by atoms with Crippen molar-refractivity contribution in [1.82, 2.24) is 4.90 Å². The van der Waals surface area contributed by atoms with Gasteiger partial charge in [-0.15, -0.1) is 0 Å². The Morgan fingerprint density at radius 2 is 2.31 bits per heavy atom. The standard InChI is InChI=1S/C12H13BrClNO/c1-8-3-2-6-15(8)12(16)10-5-4-9(14)7-11(10)13/h4-5,7-8H,2-3,6H2,1H3. The van der Waals surface area contributed by atoms with Crippen molar-refractivity contribution in [3.05, 3.63) is 33.3 Å². The molecular weight excluding hydrogens is 289 g/mol. The Kier molecular flexibility index (Phi) is 3.55. The van der Waals surface area contributed by atoms with Crippen molar-refractivity contribution in [2.45, 2.75) is 25.8 Å². The minimum absolute atomic E-state index is 0.0912. The fraction of sp³-hybridized carbons (Fsp3) is 0.417. The molecule has 2 nitrogen and oxygen atoms in total. The zero-order valence-electron chi connectivity index (χ0n) is 9.04. The maximum absolute atomic E-state index is 12.2. The van der Waals surface area contributed by atoms with Crippen LogP contribution in [0, 0.1) is 0 Å². The lowest BCUT2D eigenvalue weighted by Gasteiger charge is -2.22. The van der Waals surface area contributed by atoms with E-state index in [1.807, 2.05) is 4.90 Å². The van der Waals surface area contributed by atoms with E-state index in [4.69, 9.17) is 11.6 Å². The Morgan fingerprint density at radius 1 is 1.56 bits per heavy atom. The molecule has 16 heavy (non-hydrogen) atoms. The Hall–Kier alpha value is -0.540. The quantitative estimate of drug-likeness (QED) is 0.774. The molecule has 1 fully saturated rings. The zero-order valence-corrected chi connectivity index (χ0v) is 11.4. The largest absolute Gasteiger partial charge is 0.336 e. The molecule has 1 aromatic carbocycles. The van der Waals surface area contributed by atoms with E-state index < -0.39 is 0 Å². The molecule has 0 bridgehead atoms. The second kappa shape index (κ2) is 4.76. The highest BCUT2D eigenvalue weighted by Crippen LogP contribution is 2.26. The summed E-state index contributed by atoms with van der Waals surface area (Å²) in [4.78, 5) is 14.2. The van der Waals surface area contributed by atoms with E-state index in [0.717, 1.165) is 23.9 Å². The van der Waals surface area contributed by atoms with Gasteiger partial charge in [0.2, 0.25) is 0 Å². The molecule has 0 saturated carbocycles. The van der Waals surface area contributed by atoms with Crippen molar-refractivity contribution >= 4 is 33.4 Å². The minimum atomic E-state index is 0.0912. The van der Waals surface area contributed by atoms with Crippen LogP contribution in [0.2, 0.25) is 5.02 Å². The van der Waals surface area contributed by atoms with Gasteiger partial charge in [0.25, 0.3) is 5.91 Å². The molecule has 0 radical (unpaired) electrons. The van der Waals surface area contributed by atoms with Crippen molar-refractivity contribution in [1.29, 1.82) is 0 Å². The number of halogens is 2. The van der Waals surface area contributed by atoms with Crippen molar-refractivity contribution in [3.63, 3.8) is 0 Å². The molecule has 1 heterocycles. The lowest BCUT2D eigenvalue weighted by molar-refractivity contribution is 0.0746. The number of carbonyl (C=O) groups is 1. The van der Waals surface area contributed by atoms with Crippen LogP contribution in [-0.2, 0) is 0 Å². The van der Waals surface area contributed by atoms with E-state index in [1.165, 1.54) is 0 Å². The first-order valence-electron chi connectivity index (χ1n) is 5.35. The van der Waals surface area contributed by atoms with Gasteiger partial charge in [-0.1, -0.05) is 11.6 Å². The molecule has 0 N–H and O–H groups in total. The molecule has 1 unspecified atom stereocenters. The van der Waals surface area contributed by atoms with Gasteiger partial charge in [0.05, 0.1) is 5.56 Å². The van der Waals surface area contributed by atoms with Crippen molar-refractivity contribution in [3.8, 4) is 0 Å². The van der Waals surface area contributed by atoms with Crippen LogP contribution in [0.4, 0.5) is 0 Å². The summed E-state index contributed by atoms with van der Waals surface area (Å²) in [7, 11) is 0. The summed E-state index contributed by atoms with van der Waals surface area (Å²) in [5.74, 6) is 0.0912. The van der Waals surface area contributed by atoms with Gasteiger partial charge in [-0.25, -0.2) is 0 Å². The topological polar surface area (TPSA) is 20.3 Å². The number of amides is 1. The highest BCUT2D eigenvalue weighted by Gasteiger charge is 2.26. The fourth-order valence-corrected chi connectivity index (χ4v) is 2.90. The molecule has 1 aliphatic heterocycles. The molecule has 1 saturated heterocycles. The Morgan fingerprint density at radius 3 is 2.88 bits per heavy atom. The van der Waals surface area contributed by atoms with Gasteiger partial charge in [0.1, 0.15) is 0 Å². The smallest absolute Gasteiger partial charge is 0.255 e. The summed E-state index contributed by atoms with van der Waals surface area (Å²) in [5, 5.41) is 0.637. The van der Waals surface area contributed by atoms with Crippen molar-refractivity contribution < 1.29 is 4.79 Å². The van der Waals surface area contributed by atoms with Gasteiger partial charge >= 0.3 is 0 Å². The van der Waals surface area contributed by atoms with Crippen molar-refractivity contribution in [2.75, 3.05) is 6.54 Å². The average molecular weight is 303 g/mol. The summed E-state index contributed by atoms with van der Waals surface area (Å²) >= 11 is 9.24. The van der Waals surface area contributed by atoms with Crippen molar-refractivity contribution in [2.24, 2.45) is 0 Å². The third-order valence-corrected chi connectivity index (χ3v) is 3.87. The third-order valence-electron chi connectivity index (χ3n) is 2.98. The van der Waals surface area contributed by atoms with Crippen LogP contribution in [0.15, 0.2) is 22.7 Å². The van der Waals surface area contributed by atoms with E-state index in [1.54, 1.807) is 18.2 Å². The molecule has 0 aliphatic carbocycles. The molecule has 1 amide bonds. The number of hydrogen-bond acceptors (Lipinski definition) is 1. The number of nitrogens with zero attached hydrogens (tertiary/aromatic N) is 1. The number of rotatable bonds is 1. The van der Waals surface area contributed by atoms with Crippen LogP contribution in [0.5, 0.6) is 0 Å². The Labute approximate surface area is 109 Å². The van der Waals surface area contributed by atoms with Gasteiger partial charge in [-0.05, 0) is 53.9 Å². The first-order chi connectivity index (χ1) is 7.59. The van der Waals surface area contributed by atoms with Crippen LogP contribution in [0.3, 0.4) is 0 Å². The van der Waals surface area contributed by atoms with Gasteiger partial charge in [-0.3, -0.25) is 4.79 Å².